The van der Waals surface area contributed by atoms with Gasteiger partial charge in [0.1, 0.15) is 0 Å². The Labute approximate surface area is 96.6 Å². The highest BCUT2D eigenvalue weighted by Gasteiger charge is 2.34. The maximum atomic E-state index is 10.8. The molecule has 0 aromatic rings. The number of nitrogens with zero attached hydrogens (tertiary/aromatic N) is 1. The van der Waals surface area contributed by atoms with Crippen LogP contribution in [0.25, 0.3) is 0 Å². The predicted octanol–water partition coefficient (Wildman–Crippen LogP) is 1.35. The highest BCUT2D eigenvalue weighted by molar-refractivity contribution is 5.72. The zero-order chi connectivity index (χ0) is 11.7. The van der Waals surface area contributed by atoms with Crippen LogP contribution in [0.3, 0.4) is 0 Å². The van der Waals surface area contributed by atoms with Gasteiger partial charge in [0.15, 0.2) is 6.10 Å². The summed E-state index contributed by atoms with van der Waals surface area (Å²) in [4.78, 5) is 13.2. The van der Waals surface area contributed by atoms with Gasteiger partial charge in [-0.2, -0.15) is 0 Å². The maximum Gasteiger partial charge on any atom is 0.332 e. The van der Waals surface area contributed by atoms with Gasteiger partial charge < -0.3 is 9.84 Å². The molecule has 2 heterocycles. The van der Waals surface area contributed by atoms with Gasteiger partial charge in [0.05, 0.1) is 6.10 Å². The molecule has 2 aliphatic heterocycles. The number of carboxylic acid groups (broad SMARTS) is 1. The Morgan fingerprint density at radius 1 is 1.44 bits per heavy atom. The highest BCUT2D eigenvalue weighted by Crippen LogP contribution is 2.26. The standard InChI is InChI=1S/C12H21NO3/c1-8-5-9(2)13(6-8)7-10-3-4-11(16-10)12(14)15/h8-11H,3-7H2,1-2H3,(H,14,15). The van der Waals surface area contributed by atoms with Gasteiger partial charge >= 0.3 is 5.97 Å². The van der Waals surface area contributed by atoms with Crippen molar-refractivity contribution in [2.75, 3.05) is 13.1 Å². The molecule has 0 bridgehead atoms. The third kappa shape index (κ3) is 2.55. The van der Waals surface area contributed by atoms with Gasteiger partial charge in [0, 0.05) is 19.1 Å². The van der Waals surface area contributed by atoms with Crippen LogP contribution in [-0.4, -0.2) is 47.3 Å². The van der Waals surface area contributed by atoms with Crippen LogP contribution < -0.4 is 0 Å². The number of likely N-dealkylation sites (tertiary alicyclic amines) is 1. The molecule has 2 rings (SSSR count). The van der Waals surface area contributed by atoms with E-state index in [-0.39, 0.29) is 6.10 Å². The second kappa shape index (κ2) is 4.72. The first-order valence-electron chi connectivity index (χ1n) is 6.18. The lowest BCUT2D eigenvalue weighted by molar-refractivity contribution is -0.149. The third-order valence-corrected chi connectivity index (χ3v) is 3.73. The van der Waals surface area contributed by atoms with E-state index in [1.165, 1.54) is 6.42 Å². The minimum atomic E-state index is -0.815. The molecule has 0 saturated carbocycles. The molecular weight excluding hydrogens is 206 g/mol. The first-order valence-corrected chi connectivity index (χ1v) is 6.18. The molecule has 16 heavy (non-hydrogen) atoms. The van der Waals surface area contributed by atoms with Crippen molar-refractivity contribution in [1.82, 2.24) is 4.90 Å². The molecule has 0 amide bonds. The van der Waals surface area contributed by atoms with Gasteiger partial charge in [-0.3, -0.25) is 4.90 Å². The lowest BCUT2D eigenvalue weighted by Crippen LogP contribution is -2.35. The molecule has 92 valence electrons. The summed E-state index contributed by atoms with van der Waals surface area (Å²) in [7, 11) is 0. The molecule has 0 aromatic heterocycles. The van der Waals surface area contributed by atoms with Gasteiger partial charge in [-0.15, -0.1) is 0 Å². The lowest BCUT2D eigenvalue weighted by Gasteiger charge is -2.24. The maximum absolute atomic E-state index is 10.8. The van der Waals surface area contributed by atoms with Crippen molar-refractivity contribution in [3.05, 3.63) is 0 Å². The summed E-state index contributed by atoms with van der Waals surface area (Å²) < 4.78 is 5.53. The molecule has 2 fully saturated rings. The summed E-state index contributed by atoms with van der Waals surface area (Å²) in [5.41, 5.74) is 0. The summed E-state index contributed by atoms with van der Waals surface area (Å²) in [6, 6.07) is 0.613. The molecule has 4 nitrogen and oxygen atoms in total. The summed E-state index contributed by atoms with van der Waals surface area (Å²) >= 11 is 0. The third-order valence-electron chi connectivity index (χ3n) is 3.73. The molecule has 0 aliphatic carbocycles. The van der Waals surface area contributed by atoms with Gasteiger partial charge in [0.25, 0.3) is 0 Å². The number of carbonyl (C=O) groups is 1. The fourth-order valence-electron chi connectivity index (χ4n) is 2.92. The van der Waals surface area contributed by atoms with Gasteiger partial charge in [-0.1, -0.05) is 6.92 Å². The smallest absolute Gasteiger partial charge is 0.332 e. The minimum absolute atomic E-state index is 0.119. The molecule has 2 saturated heterocycles. The second-order valence-corrected chi connectivity index (χ2v) is 5.31. The zero-order valence-electron chi connectivity index (χ0n) is 10.1. The Hall–Kier alpha value is -0.610. The van der Waals surface area contributed by atoms with E-state index in [4.69, 9.17) is 9.84 Å². The fourth-order valence-corrected chi connectivity index (χ4v) is 2.92. The number of hydrogen-bond donors (Lipinski definition) is 1. The number of aliphatic carboxylic acids is 1. The monoisotopic (exact) mass is 227 g/mol. The minimum Gasteiger partial charge on any atom is -0.479 e. The topological polar surface area (TPSA) is 49.8 Å². The van der Waals surface area contributed by atoms with Crippen molar-refractivity contribution in [2.24, 2.45) is 5.92 Å². The van der Waals surface area contributed by atoms with Crippen molar-refractivity contribution in [3.8, 4) is 0 Å². The fraction of sp³-hybridized carbons (Fsp3) is 0.917. The molecule has 0 aromatic carbocycles. The number of hydrogen-bond acceptors (Lipinski definition) is 3. The van der Waals surface area contributed by atoms with E-state index in [0.29, 0.717) is 12.5 Å². The van der Waals surface area contributed by atoms with Crippen molar-refractivity contribution < 1.29 is 14.6 Å². The number of carboxylic acids is 1. The molecule has 4 atom stereocenters. The first kappa shape index (κ1) is 11.9. The highest BCUT2D eigenvalue weighted by atomic mass is 16.5. The molecular formula is C12H21NO3. The predicted molar refractivity (Wildman–Crippen MR) is 60.3 cm³/mol. The SMILES string of the molecule is CC1CC(C)N(CC2CCC(C(=O)O)O2)C1. The van der Waals surface area contributed by atoms with Crippen LogP contribution in [0.4, 0.5) is 0 Å². The Morgan fingerprint density at radius 2 is 2.19 bits per heavy atom. The Balaban J connectivity index is 1.81. The molecule has 4 unspecified atom stereocenters. The normalized spacial score (nSPS) is 40.4. The average Bonchev–Trinajstić information content (AvgIpc) is 2.75. The molecule has 0 radical (unpaired) electrons. The van der Waals surface area contributed by atoms with Crippen molar-refractivity contribution in [3.63, 3.8) is 0 Å². The van der Waals surface area contributed by atoms with Crippen LogP contribution in [-0.2, 0) is 9.53 Å². The number of ether oxygens (including phenoxy) is 1. The van der Waals surface area contributed by atoms with Crippen LogP contribution in [0.2, 0.25) is 0 Å². The molecule has 4 heteroatoms. The molecule has 2 aliphatic rings. The summed E-state index contributed by atoms with van der Waals surface area (Å²) in [5, 5.41) is 8.85. The van der Waals surface area contributed by atoms with Gasteiger partial charge in [-0.05, 0) is 32.1 Å². The Morgan fingerprint density at radius 3 is 2.69 bits per heavy atom. The van der Waals surface area contributed by atoms with Crippen LogP contribution in [0, 0.1) is 5.92 Å². The van der Waals surface area contributed by atoms with E-state index in [2.05, 4.69) is 18.7 Å². The van der Waals surface area contributed by atoms with Crippen molar-refractivity contribution >= 4 is 5.97 Å². The average molecular weight is 227 g/mol. The Kier molecular flexibility index (Phi) is 3.50. The molecule has 1 N–H and O–H groups in total. The largest absolute Gasteiger partial charge is 0.479 e. The van der Waals surface area contributed by atoms with Crippen LogP contribution in [0.1, 0.15) is 33.1 Å². The van der Waals surface area contributed by atoms with Crippen molar-refractivity contribution in [2.45, 2.75) is 51.4 Å². The second-order valence-electron chi connectivity index (χ2n) is 5.31. The van der Waals surface area contributed by atoms with E-state index in [1.807, 2.05) is 0 Å². The van der Waals surface area contributed by atoms with Gasteiger partial charge in [0.2, 0.25) is 0 Å². The summed E-state index contributed by atoms with van der Waals surface area (Å²) in [6.07, 6.45) is 2.34. The number of rotatable bonds is 3. The molecule has 0 spiro atoms. The van der Waals surface area contributed by atoms with Crippen LogP contribution in [0.5, 0.6) is 0 Å². The van der Waals surface area contributed by atoms with E-state index in [9.17, 15) is 4.79 Å². The van der Waals surface area contributed by atoms with E-state index in [0.717, 1.165) is 25.4 Å². The first-order chi connectivity index (χ1) is 7.56. The van der Waals surface area contributed by atoms with Gasteiger partial charge in [-0.25, -0.2) is 4.79 Å². The zero-order valence-corrected chi connectivity index (χ0v) is 10.1. The van der Waals surface area contributed by atoms with Crippen molar-refractivity contribution in [1.29, 1.82) is 0 Å². The van der Waals surface area contributed by atoms with E-state index < -0.39 is 12.1 Å². The summed E-state index contributed by atoms with van der Waals surface area (Å²) in [6.45, 7) is 6.53. The van der Waals surface area contributed by atoms with E-state index in [1.54, 1.807) is 0 Å². The summed E-state index contributed by atoms with van der Waals surface area (Å²) in [5.74, 6) is -0.0583. The Bertz CT molecular complexity index is 269. The van der Waals surface area contributed by atoms with Crippen LogP contribution in [0.15, 0.2) is 0 Å². The lowest BCUT2D eigenvalue weighted by atomic mass is 10.1. The van der Waals surface area contributed by atoms with Crippen LogP contribution >= 0.6 is 0 Å². The quantitative estimate of drug-likeness (QED) is 0.790. The van der Waals surface area contributed by atoms with E-state index >= 15 is 0 Å².